The zero-order valence-electron chi connectivity index (χ0n) is 14.8. The summed E-state index contributed by atoms with van der Waals surface area (Å²) in [6, 6.07) is 0. The minimum Gasteiger partial charge on any atom is -0.479 e. The van der Waals surface area contributed by atoms with Gasteiger partial charge in [0.05, 0.1) is 0 Å². The van der Waals surface area contributed by atoms with Crippen molar-refractivity contribution in [1.82, 2.24) is 0 Å². The van der Waals surface area contributed by atoms with Crippen molar-refractivity contribution in [2.24, 2.45) is 0 Å². The van der Waals surface area contributed by atoms with Crippen LogP contribution in [0.25, 0.3) is 0 Å². The van der Waals surface area contributed by atoms with Crippen LogP contribution in [0.3, 0.4) is 0 Å². The smallest absolute Gasteiger partial charge is 0.336 e. The van der Waals surface area contributed by atoms with Gasteiger partial charge in [0.15, 0.2) is 6.10 Å². The molecule has 136 valence electrons. The van der Waals surface area contributed by atoms with E-state index < -0.39 is 12.1 Å². The summed E-state index contributed by atoms with van der Waals surface area (Å²) in [6.07, 6.45) is 24.4. The first-order valence-electron chi connectivity index (χ1n) is 8.87. The van der Waals surface area contributed by atoms with Gasteiger partial charge in [0, 0.05) is 0 Å². The van der Waals surface area contributed by atoms with Crippen molar-refractivity contribution in [2.45, 2.75) is 70.8 Å². The number of hydrogen-bond donors (Lipinski definition) is 2. The molecule has 0 fully saturated rings. The van der Waals surface area contributed by atoms with Crippen LogP contribution in [-0.4, -0.2) is 22.4 Å². The van der Waals surface area contributed by atoms with Gasteiger partial charge >= 0.3 is 5.97 Å². The second-order valence-corrected chi connectivity index (χ2v) is 5.62. The molecule has 0 aromatic rings. The van der Waals surface area contributed by atoms with Crippen LogP contribution < -0.4 is 0 Å². The van der Waals surface area contributed by atoms with E-state index in [2.05, 4.69) is 48.3 Å². The van der Waals surface area contributed by atoms with E-state index in [4.69, 9.17) is 10.4 Å². The normalized spacial score (nSPS) is 13.8. The fraction of sp³-hybridized carbons (Fsp3) is 0.550. The van der Waals surface area contributed by atoms with Gasteiger partial charge in [0.2, 0.25) is 0 Å². The standard InChI is InChI=1S/C20H32O4/c1-2-3-4-5-6-7-8-9-10-11-12-13-14-15-16-17-18-19(24-23)20(21)22/h6-9,12-13,15-16,19,23H,2-5,10-11,14,17-18H2,1H3,(H,21,22)/b7-6-,9-8+,13-12-,16-15-. The molecule has 4 heteroatoms. The highest BCUT2D eigenvalue weighted by Gasteiger charge is 2.16. The lowest BCUT2D eigenvalue weighted by molar-refractivity contribution is -0.277. The predicted octanol–water partition coefficient (Wildman–Crippen LogP) is 5.68. The molecule has 2 N–H and O–H groups in total. The summed E-state index contributed by atoms with van der Waals surface area (Å²) >= 11 is 0. The molecule has 0 aromatic heterocycles. The molecule has 0 amide bonds. The van der Waals surface area contributed by atoms with E-state index in [0.717, 1.165) is 19.3 Å². The average Bonchev–Trinajstić information content (AvgIpc) is 2.57. The summed E-state index contributed by atoms with van der Waals surface area (Å²) in [4.78, 5) is 14.5. The Balaban J connectivity index is 3.55. The Labute approximate surface area is 146 Å². The van der Waals surface area contributed by atoms with Crippen molar-refractivity contribution in [3.8, 4) is 0 Å². The van der Waals surface area contributed by atoms with Crippen molar-refractivity contribution in [3.05, 3.63) is 48.6 Å². The highest BCUT2D eigenvalue weighted by molar-refractivity contribution is 5.72. The summed E-state index contributed by atoms with van der Waals surface area (Å²) in [7, 11) is 0. The van der Waals surface area contributed by atoms with Gasteiger partial charge in [-0.3, -0.25) is 5.26 Å². The van der Waals surface area contributed by atoms with Crippen LogP contribution in [0, 0.1) is 0 Å². The number of rotatable bonds is 15. The molecule has 0 heterocycles. The number of carboxylic acid groups (broad SMARTS) is 1. The van der Waals surface area contributed by atoms with Crippen LogP contribution in [0.15, 0.2) is 48.6 Å². The van der Waals surface area contributed by atoms with Crippen molar-refractivity contribution in [1.29, 1.82) is 0 Å². The molecule has 0 spiro atoms. The highest BCUT2D eigenvalue weighted by Crippen LogP contribution is 2.03. The van der Waals surface area contributed by atoms with Crippen LogP contribution in [0.2, 0.25) is 0 Å². The largest absolute Gasteiger partial charge is 0.479 e. The molecule has 4 nitrogen and oxygen atoms in total. The Kier molecular flexibility index (Phi) is 16.5. The van der Waals surface area contributed by atoms with Gasteiger partial charge in [-0.2, -0.15) is 0 Å². The monoisotopic (exact) mass is 336 g/mol. The molecule has 0 radical (unpaired) electrons. The minimum atomic E-state index is -1.14. The zero-order chi connectivity index (χ0) is 17.9. The summed E-state index contributed by atoms with van der Waals surface area (Å²) in [6.45, 7) is 2.22. The predicted molar refractivity (Wildman–Crippen MR) is 98.9 cm³/mol. The Hall–Kier alpha value is -1.65. The number of carboxylic acids is 1. The molecule has 0 aliphatic heterocycles. The van der Waals surface area contributed by atoms with Crippen LogP contribution in [0.4, 0.5) is 0 Å². The molecule has 1 unspecified atom stereocenters. The first-order valence-corrected chi connectivity index (χ1v) is 8.87. The van der Waals surface area contributed by atoms with Crippen molar-refractivity contribution >= 4 is 5.97 Å². The van der Waals surface area contributed by atoms with E-state index in [0.29, 0.717) is 6.42 Å². The summed E-state index contributed by atoms with van der Waals surface area (Å²) in [5, 5.41) is 17.1. The Morgan fingerprint density at radius 2 is 1.54 bits per heavy atom. The zero-order valence-corrected chi connectivity index (χ0v) is 14.8. The number of hydrogen-bond acceptors (Lipinski definition) is 3. The van der Waals surface area contributed by atoms with Gasteiger partial charge in [0.1, 0.15) is 0 Å². The Bertz CT molecular complexity index is 408. The quantitative estimate of drug-likeness (QED) is 0.133. The third-order valence-corrected chi connectivity index (χ3v) is 3.46. The van der Waals surface area contributed by atoms with Gasteiger partial charge in [-0.1, -0.05) is 68.4 Å². The molecule has 24 heavy (non-hydrogen) atoms. The second kappa shape index (κ2) is 17.7. The molecule has 0 aliphatic carbocycles. The fourth-order valence-electron chi connectivity index (χ4n) is 2.03. The van der Waals surface area contributed by atoms with E-state index >= 15 is 0 Å². The van der Waals surface area contributed by atoms with Crippen LogP contribution in [0.5, 0.6) is 0 Å². The lowest BCUT2D eigenvalue weighted by Crippen LogP contribution is -2.21. The minimum absolute atomic E-state index is 0.267. The van der Waals surface area contributed by atoms with Crippen LogP contribution in [0.1, 0.15) is 64.7 Å². The van der Waals surface area contributed by atoms with Gasteiger partial charge in [-0.15, -0.1) is 0 Å². The summed E-state index contributed by atoms with van der Waals surface area (Å²) < 4.78 is 0. The number of allylic oxidation sites excluding steroid dienone is 8. The van der Waals surface area contributed by atoms with Crippen molar-refractivity contribution in [3.63, 3.8) is 0 Å². The van der Waals surface area contributed by atoms with E-state index in [1.807, 2.05) is 12.2 Å². The number of aliphatic carboxylic acids is 1. The number of unbranched alkanes of at least 4 members (excludes halogenated alkanes) is 4. The third kappa shape index (κ3) is 15.3. The van der Waals surface area contributed by atoms with Crippen LogP contribution >= 0.6 is 0 Å². The van der Waals surface area contributed by atoms with E-state index in [9.17, 15) is 4.79 Å². The second-order valence-electron chi connectivity index (χ2n) is 5.62. The van der Waals surface area contributed by atoms with Crippen molar-refractivity contribution < 1.29 is 20.0 Å². The molecule has 0 aromatic carbocycles. The Morgan fingerprint density at radius 3 is 2.17 bits per heavy atom. The third-order valence-electron chi connectivity index (χ3n) is 3.46. The fourth-order valence-corrected chi connectivity index (χ4v) is 2.03. The SMILES string of the molecule is CCCCC/C=C\C=C\CC/C=C\C/C=C\CCC(OO)C(=O)O. The maximum atomic E-state index is 10.6. The highest BCUT2D eigenvalue weighted by atomic mass is 17.1. The van der Waals surface area contributed by atoms with Gasteiger partial charge < -0.3 is 5.11 Å². The molecule has 0 saturated heterocycles. The first kappa shape index (κ1) is 22.4. The first-order chi connectivity index (χ1) is 11.7. The van der Waals surface area contributed by atoms with Gasteiger partial charge in [-0.25, -0.2) is 9.68 Å². The molecule has 1 atom stereocenters. The molecule has 0 saturated carbocycles. The summed E-state index contributed by atoms with van der Waals surface area (Å²) in [5.41, 5.74) is 0. The molecule has 0 bridgehead atoms. The maximum Gasteiger partial charge on any atom is 0.336 e. The molecule has 0 rings (SSSR count). The van der Waals surface area contributed by atoms with E-state index in [-0.39, 0.29) is 6.42 Å². The molecular formula is C20H32O4. The number of carbonyl (C=O) groups is 1. The average molecular weight is 336 g/mol. The molecular weight excluding hydrogens is 304 g/mol. The van der Waals surface area contributed by atoms with Gasteiger partial charge in [0.25, 0.3) is 0 Å². The summed E-state index contributed by atoms with van der Waals surface area (Å²) in [5.74, 6) is -1.14. The van der Waals surface area contributed by atoms with Gasteiger partial charge in [-0.05, 0) is 44.9 Å². The van der Waals surface area contributed by atoms with Crippen LogP contribution in [-0.2, 0) is 9.68 Å². The molecule has 0 aliphatic rings. The Morgan fingerprint density at radius 1 is 0.917 bits per heavy atom. The van der Waals surface area contributed by atoms with E-state index in [1.165, 1.54) is 25.7 Å². The van der Waals surface area contributed by atoms with E-state index in [1.54, 1.807) is 0 Å². The lowest BCUT2D eigenvalue weighted by atomic mass is 10.2. The maximum absolute atomic E-state index is 10.6. The topological polar surface area (TPSA) is 66.8 Å². The lowest BCUT2D eigenvalue weighted by Gasteiger charge is -2.05. The van der Waals surface area contributed by atoms with Crippen molar-refractivity contribution in [2.75, 3.05) is 0 Å².